The maximum absolute atomic E-state index is 13.4. The van der Waals surface area contributed by atoms with Crippen molar-refractivity contribution < 1.29 is 28.0 Å². The number of benzene rings is 2. The Labute approximate surface area is 206 Å². The van der Waals surface area contributed by atoms with Crippen LogP contribution in [0.25, 0.3) is 22.4 Å². The average molecular weight is 490 g/mol. The first-order chi connectivity index (χ1) is 17.1. The molecule has 4 rings (SSSR count). The molecule has 36 heavy (non-hydrogen) atoms. The van der Waals surface area contributed by atoms with Crippen molar-refractivity contribution in [3.05, 3.63) is 77.2 Å². The van der Waals surface area contributed by atoms with Crippen molar-refractivity contribution in [2.75, 3.05) is 5.32 Å². The van der Waals surface area contributed by atoms with E-state index in [2.05, 4.69) is 15.5 Å². The average Bonchev–Trinajstić information content (AvgIpc) is 3.24. The highest BCUT2D eigenvalue weighted by molar-refractivity contribution is 6.06. The predicted molar refractivity (Wildman–Crippen MR) is 131 cm³/mol. The van der Waals surface area contributed by atoms with Crippen molar-refractivity contribution in [1.82, 2.24) is 10.1 Å². The summed E-state index contributed by atoms with van der Waals surface area (Å²) >= 11 is 0. The van der Waals surface area contributed by atoms with Crippen molar-refractivity contribution in [3.63, 3.8) is 0 Å². The summed E-state index contributed by atoms with van der Waals surface area (Å²) in [5.74, 6) is -1.88. The van der Waals surface area contributed by atoms with Gasteiger partial charge in [0, 0.05) is 22.7 Å². The lowest BCUT2D eigenvalue weighted by Gasteiger charge is -2.14. The Morgan fingerprint density at radius 1 is 1.00 bits per heavy atom. The van der Waals surface area contributed by atoms with Crippen LogP contribution in [0.2, 0.25) is 0 Å². The number of ketones is 1. The first kappa shape index (κ1) is 24.7. The first-order valence-corrected chi connectivity index (χ1v) is 11.3. The Morgan fingerprint density at radius 3 is 2.31 bits per heavy atom. The SMILES string of the molecule is Cc1noc2nc(-c3ccc(F)cc3)cc(C(=O)OC(C)C(=O)c3ccc(NC(=O)C(C)C)cc3)c12. The summed E-state index contributed by atoms with van der Waals surface area (Å²) in [6.07, 6.45) is -1.09. The van der Waals surface area contributed by atoms with Gasteiger partial charge in [-0.25, -0.2) is 14.2 Å². The summed E-state index contributed by atoms with van der Waals surface area (Å²) in [7, 11) is 0. The second-order valence-electron chi connectivity index (χ2n) is 8.64. The lowest BCUT2D eigenvalue weighted by Crippen LogP contribution is -2.24. The number of esters is 1. The summed E-state index contributed by atoms with van der Waals surface area (Å²) in [6.45, 7) is 6.71. The van der Waals surface area contributed by atoms with E-state index in [0.29, 0.717) is 33.6 Å². The third kappa shape index (κ3) is 5.14. The van der Waals surface area contributed by atoms with Gasteiger partial charge in [0.2, 0.25) is 11.7 Å². The molecule has 0 aliphatic carbocycles. The third-order valence-electron chi connectivity index (χ3n) is 5.59. The van der Waals surface area contributed by atoms with Crippen LogP contribution in [-0.4, -0.2) is 33.9 Å². The molecule has 1 atom stereocenters. The summed E-state index contributed by atoms with van der Waals surface area (Å²) in [4.78, 5) is 42.3. The van der Waals surface area contributed by atoms with E-state index in [-0.39, 0.29) is 23.1 Å². The van der Waals surface area contributed by atoms with E-state index in [9.17, 15) is 18.8 Å². The number of pyridine rings is 1. The van der Waals surface area contributed by atoms with Gasteiger partial charge in [0.1, 0.15) is 5.82 Å². The van der Waals surface area contributed by atoms with Gasteiger partial charge in [0.25, 0.3) is 5.71 Å². The Balaban J connectivity index is 1.56. The Hall–Kier alpha value is -4.40. The fourth-order valence-electron chi connectivity index (χ4n) is 3.54. The highest BCUT2D eigenvalue weighted by atomic mass is 19.1. The number of nitrogens with one attached hydrogen (secondary N) is 1. The van der Waals surface area contributed by atoms with E-state index >= 15 is 0 Å². The number of carbonyl (C=O) groups excluding carboxylic acids is 3. The maximum atomic E-state index is 13.4. The van der Waals surface area contributed by atoms with Crippen molar-refractivity contribution in [2.45, 2.75) is 33.8 Å². The minimum absolute atomic E-state index is 0.124. The topological polar surface area (TPSA) is 111 Å². The molecular formula is C27H24FN3O5. The van der Waals surface area contributed by atoms with E-state index in [1.165, 1.54) is 37.3 Å². The lowest BCUT2D eigenvalue weighted by molar-refractivity contribution is -0.118. The van der Waals surface area contributed by atoms with E-state index < -0.39 is 23.7 Å². The highest BCUT2D eigenvalue weighted by Crippen LogP contribution is 2.28. The van der Waals surface area contributed by atoms with Gasteiger partial charge < -0.3 is 14.6 Å². The first-order valence-electron chi connectivity index (χ1n) is 11.3. The van der Waals surface area contributed by atoms with Crippen molar-refractivity contribution in [2.24, 2.45) is 5.92 Å². The zero-order valence-electron chi connectivity index (χ0n) is 20.2. The number of hydrogen-bond donors (Lipinski definition) is 1. The van der Waals surface area contributed by atoms with Crippen LogP contribution in [0.4, 0.5) is 10.1 Å². The number of anilines is 1. The molecule has 0 bridgehead atoms. The molecule has 9 heteroatoms. The molecule has 0 radical (unpaired) electrons. The van der Waals surface area contributed by atoms with Gasteiger partial charge in [-0.05, 0) is 68.4 Å². The number of rotatable bonds is 7. The molecule has 0 spiro atoms. The molecule has 0 aliphatic rings. The lowest BCUT2D eigenvalue weighted by atomic mass is 10.0. The van der Waals surface area contributed by atoms with Gasteiger partial charge in [-0.2, -0.15) is 0 Å². The van der Waals surface area contributed by atoms with Crippen LogP contribution in [-0.2, 0) is 9.53 Å². The summed E-state index contributed by atoms with van der Waals surface area (Å²) < 4.78 is 24.1. The smallest absolute Gasteiger partial charge is 0.339 e. The van der Waals surface area contributed by atoms with Crippen LogP contribution in [0.15, 0.2) is 59.1 Å². The van der Waals surface area contributed by atoms with Crippen molar-refractivity contribution in [3.8, 4) is 11.3 Å². The van der Waals surface area contributed by atoms with Crippen LogP contribution in [0, 0.1) is 18.7 Å². The Kier molecular flexibility index (Phi) is 6.91. The highest BCUT2D eigenvalue weighted by Gasteiger charge is 2.25. The molecule has 2 heterocycles. The number of Topliss-reactive ketones (excluding diaryl/α,β-unsaturated/α-hetero) is 1. The minimum atomic E-state index is -1.09. The quantitative estimate of drug-likeness (QED) is 0.275. The van der Waals surface area contributed by atoms with Gasteiger partial charge >= 0.3 is 5.97 Å². The van der Waals surface area contributed by atoms with Gasteiger partial charge in [-0.1, -0.05) is 19.0 Å². The number of fused-ring (bicyclic) bond motifs is 1. The molecule has 0 saturated heterocycles. The molecule has 1 amide bonds. The van der Waals surface area contributed by atoms with Crippen molar-refractivity contribution in [1.29, 1.82) is 0 Å². The zero-order chi connectivity index (χ0) is 26.0. The number of aryl methyl sites for hydroxylation is 1. The fraction of sp³-hybridized carbons (Fsp3) is 0.222. The molecular weight excluding hydrogens is 465 g/mol. The molecule has 0 fully saturated rings. The summed E-state index contributed by atoms with van der Waals surface area (Å²) in [5.41, 5.74) is 2.51. The molecule has 2 aromatic carbocycles. The summed E-state index contributed by atoms with van der Waals surface area (Å²) in [5, 5.41) is 7.01. The second-order valence-corrected chi connectivity index (χ2v) is 8.64. The molecule has 4 aromatic rings. The largest absolute Gasteiger partial charge is 0.451 e. The molecule has 0 saturated carbocycles. The number of carbonyl (C=O) groups is 3. The molecule has 0 aliphatic heterocycles. The number of aromatic nitrogens is 2. The van der Waals surface area contributed by atoms with E-state index in [1.807, 2.05) is 0 Å². The van der Waals surface area contributed by atoms with E-state index in [4.69, 9.17) is 9.26 Å². The van der Waals surface area contributed by atoms with Crippen LogP contribution in [0.5, 0.6) is 0 Å². The molecule has 8 nitrogen and oxygen atoms in total. The maximum Gasteiger partial charge on any atom is 0.339 e. The molecule has 184 valence electrons. The summed E-state index contributed by atoms with van der Waals surface area (Å²) in [6, 6.07) is 13.5. The van der Waals surface area contributed by atoms with Crippen molar-refractivity contribution >= 4 is 34.4 Å². The Bertz CT molecular complexity index is 1440. The van der Waals surface area contributed by atoms with Crippen LogP contribution < -0.4 is 5.32 Å². The third-order valence-corrected chi connectivity index (χ3v) is 5.59. The van der Waals surface area contributed by atoms with Gasteiger partial charge in [-0.15, -0.1) is 0 Å². The normalized spacial score (nSPS) is 11.9. The van der Waals surface area contributed by atoms with Gasteiger partial charge in [0.15, 0.2) is 6.10 Å². The van der Waals surface area contributed by atoms with E-state index in [1.54, 1.807) is 45.0 Å². The molecule has 1 unspecified atom stereocenters. The van der Waals surface area contributed by atoms with Crippen LogP contribution in [0.3, 0.4) is 0 Å². The molecule has 2 aromatic heterocycles. The van der Waals surface area contributed by atoms with Gasteiger partial charge in [0.05, 0.1) is 22.3 Å². The monoisotopic (exact) mass is 489 g/mol. The number of hydrogen-bond acceptors (Lipinski definition) is 7. The Morgan fingerprint density at radius 2 is 1.67 bits per heavy atom. The zero-order valence-corrected chi connectivity index (χ0v) is 20.2. The number of halogens is 1. The predicted octanol–water partition coefficient (Wildman–Crippen LogP) is 5.36. The molecule has 1 N–H and O–H groups in total. The second kappa shape index (κ2) is 10.1. The van der Waals surface area contributed by atoms with Gasteiger partial charge in [-0.3, -0.25) is 9.59 Å². The fourth-order valence-corrected chi connectivity index (χ4v) is 3.54. The van der Waals surface area contributed by atoms with E-state index in [0.717, 1.165) is 0 Å². The van der Waals surface area contributed by atoms with Crippen LogP contribution in [0.1, 0.15) is 47.2 Å². The number of nitrogens with zero attached hydrogens (tertiary/aromatic N) is 2. The minimum Gasteiger partial charge on any atom is -0.451 e. The number of amides is 1. The van der Waals surface area contributed by atoms with Crippen LogP contribution >= 0.6 is 0 Å². The standard InChI is InChI=1S/C27H24FN3O5/c1-14(2)25(33)29-20-11-7-18(8-12-20)24(32)16(4)35-27(34)21-13-22(17-5-9-19(28)10-6-17)30-26-23(21)15(3)31-36-26/h5-14,16H,1-4H3,(H,29,33). The number of ether oxygens (including phenoxy) is 1.